The van der Waals surface area contributed by atoms with E-state index in [1.165, 1.54) is 0 Å². The molecule has 1 amide bonds. The van der Waals surface area contributed by atoms with E-state index in [1.807, 2.05) is 36.2 Å². The third-order valence-corrected chi connectivity index (χ3v) is 3.17. The minimum Gasteiger partial charge on any atom is -0.497 e. The second-order valence-corrected chi connectivity index (χ2v) is 4.17. The molecule has 0 saturated carbocycles. The highest BCUT2D eigenvalue weighted by Gasteiger charge is 2.28. The third-order valence-electron chi connectivity index (χ3n) is 3.17. The van der Waals surface area contributed by atoms with Crippen molar-refractivity contribution in [2.45, 2.75) is 18.9 Å². The number of likely N-dealkylation sites (N-methyl/N-ethyl adjacent to an activating group) is 1. The highest BCUT2D eigenvalue weighted by molar-refractivity contribution is 5.97. The summed E-state index contributed by atoms with van der Waals surface area (Å²) in [6.07, 6.45) is 1.95. The molecule has 17 heavy (non-hydrogen) atoms. The molecule has 1 N–H and O–H groups in total. The first-order valence-corrected chi connectivity index (χ1v) is 5.89. The van der Waals surface area contributed by atoms with Gasteiger partial charge in [-0.15, -0.1) is 0 Å². The summed E-state index contributed by atoms with van der Waals surface area (Å²) in [6, 6.07) is 7.56. The van der Waals surface area contributed by atoms with Gasteiger partial charge >= 0.3 is 0 Å². The minimum absolute atomic E-state index is 0.0501. The van der Waals surface area contributed by atoms with Crippen molar-refractivity contribution >= 4 is 11.6 Å². The van der Waals surface area contributed by atoms with Gasteiger partial charge in [0, 0.05) is 12.2 Å². The molecule has 1 aliphatic rings. The largest absolute Gasteiger partial charge is 0.497 e. The molecule has 92 valence electrons. The molecule has 1 aromatic rings. The van der Waals surface area contributed by atoms with E-state index in [1.54, 1.807) is 7.11 Å². The number of anilines is 1. The number of amides is 1. The molecule has 1 atom stereocenters. The summed E-state index contributed by atoms with van der Waals surface area (Å²) in [7, 11) is 3.47. The Balaban J connectivity index is 2.17. The maximum Gasteiger partial charge on any atom is 0.244 e. The summed E-state index contributed by atoms with van der Waals surface area (Å²) in [5.41, 5.74) is 0.941. The first kappa shape index (κ1) is 11.9. The van der Waals surface area contributed by atoms with Crippen molar-refractivity contribution in [3.63, 3.8) is 0 Å². The van der Waals surface area contributed by atoms with Crippen molar-refractivity contribution in [1.29, 1.82) is 0 Å². The zero-order chi connectivity index (χ0) is 12.3. The Morgan fingerprint density at radius 3 is 2.65 bits per heavy atom. The van der Waals surface area contributed by atoms with Crippen LogP contribution in [0.1, 0.15) is 12.8 Å². The monoisotopic (exact) mass is 234 g/mol. The second kappa shape index (κ2) is 5.19. The van der Waals surface area contributed by atoms with Crippen LogP contribution in [0.3, 0.4) is 0 Å². The Hall–Kier alpha value is -1.55. The van der Waals surface area contributed by atoms with Crippen LogP contribution in [0.25, 0.3) is 0 Å². The Labute approximate surface area is 102 Å². The van der Waals surface area contributed by atoms with Crippen LogP contribution in [0.5, 0.6) is 5.75 Å². The number of methoxy groups -OCH3 is 1. The number of rotatable bonds is 3. The lowest BCUT2D eigenvalue weighted by Crippen LogP contribution is -2.49. The van der Waals surface area contributed by atoms with E-state index in [0.29, 0.717) is 0 Å². The number of nitrogens with zero attached hydrogens (tertiary/aromatic N) is 1. The summed E-state index contributed by atoms with van der Waals surface area (Å²) in [6.45, 7) is 0.795. The lowest BCUT2D eigenvalue weighted by Gasteiger charge is -2.32. The zero-order valence-corrected chi connectivity index (χ0v) is 10.3. The van der Waals surface area contributed by atoms with E-state index in [2.05, 4.69) is 5.32 Å². The van der Waals surface area contributed by atoms with Crippen molar-refractivity contribution in [2.75, 3.05) is 25.6 Å². The van der Waals surface area contributed by atoms with Crippen LogP contribution in [0, 0.1) is 0 Å². The number of benzene rings is 1. The average Bonchev–Trinajstić information content (AvgIpc) is 2.39. The molecule has 0 spiro atoms. The van der Waals surface area contributed by atoms with E-state index >= 15 is 0 Å². The predicted molar refractivity (Wildman–Crippen MR) is 67.4 cm³/mol. The molecule has 2 rings (SSSR count). The van der Waals surface area contributed by atoms with Gasteiger partial charge in [-0.2, -0.15) is 0 Å². The Morgan fingerprint density at radius 1 is 1.35 bits per heavy atom. The number of carbonyl (C=O) groups excluding carboxylic acids is 1. The molecular formula is C13H18N2O2. The van der Waals surface area contributed by atoms with E-state index in [-0.39, 0.29) is 11.9 Å². The van der Waals surface area contributed by atoms with Gasteiger partial charge in [0.15, 0.2) is 0 Å². The third kappa shape index (κ3) is 2.42. The topological polar surface area (TPSA) is 41.6 Å². The minimum atomic E-state index is -0.0501. The quantitative estimate of drug-likeness (QED) is 0.859. The summed E-state index contributed by atoms with van der Waals surface area (Å²) >= 11 is 0. The molecule has 0 bridgehead atoms. The normalized spacial score (nSPS) is 20.5. The van der Waals surface area contributed by atoms with Crippen LogP contribution in [-0.2, 0) is 4.79 Å². The molecule has 1 unspecified atom stereocenters. The maximum absolute atomic E-state index is 12.1. The van der Waals surface area contributed by atoms with Crippen LogP contribution in [-0.4, -0.2) is 32.7 Å². The number of carbonyl (C=O) groups is 1. The van der Waals surface area contributed by atoms with Crippen molar-refractivity contribution in [1.82, 2.24) is 5.32 Å². The van der Waals surface area contributed by atoms with Gasteiger partial charge in [0.25, 0.3) is 0 Å². The van der Waals surface area contributed by atoms with Crippen molar-refractivity contribution in [3.05, 3.63) is 24.3 Å². The molecule has 4 nitrogen and oxygen atoms in total. The van der Waals surface area contributed by atoms with Gasteiger partial charge in [-0.3, -0.25) is 4.79 Å². The van der Waals surface area contributed by atoms with E-state index in [4.69, 9.17) is 4.74 Å². The lowest BCUT2D eigenvalue weighted by atomic mass is 10.0. The summed E-state index contributed by atoms with van der Waals surface area (Å²) in [5, 5.41) is 3.06. The fourth-order valence-corrected chi connectivity index (χ4v) is 2.16. The van der Waals surface area contributed by atoms with Gasteiger partial charge in [0.05, 0.1) is 13.2 Å². The standard InChI is InChI=1S/C13H18N2O2/c1-14-12-4-3-9-15(13(12)16)10-5-7-11(17-2)8-6-10/h5-8,12,14H,3-4,9H2,1-2H3. The molecule has 1 saturated heterocycles. The van der Waals surface area contributed by atoms with Crippen LogP contribution in [0.4, 0.5) is 5.69 Å². The molecule has 0 radical (unpaired) electrons. The highest BCUT2D eigenvalue weighted by atomic mass is 16.5. The van der Waals surface area contributed by atoms with E-state index in [0.717, 1.165) is 30.8 Å². The number of hydrogen-bond donors (Lipinski definition) is 1. The number of nitrogens with one attached hydrogen (secondary N) is 1. The molecular weight excluding hydrogens is 216 g/mol. The van der Waals surface area contributed by atoms with Crippen molar-refractivity contribution in [2.24, 2.45) is 0 Å². The van der Waals surface area contributed by atoms with Gasteiger partial charge in [0.1, 0.15) is 5.75 Å². The number of piperidine rings is 1. The molecule has 0 aliphatic carbocycles. The summed E-state index contributed by atoms with van der Waals surface area (Å²) in [4.78, 5) is 14.0. The SMILES string of the molecule is CNC1CCCN(c2ccc(OC)cc2)C1=O. The fraction of sp³-hybridized carbons (Fsp3) is 0.462. The van der Waals surface area contributed by atoms with E-state index < -0.39 is 0 Å². The smallest absolute Gasteiger partial charge is 0.244 e. The number of hydrogen-bond acceptors (Lipinski definition) is 3. The first-order chi connectivity index (χ1) is 8.26. The number of ether oxygens (including phenoxy) is 1. The molecule has 0 aromatic heterocycles. The Bertz CT molecular complexity index is 389. The van der Waals surface area contributed by atoms with Crippen LogP contribution < -0.4 is 15.0 Å². The Kier molecular flexibility index (Phi) is 3.64. The summed E-state index contributed by atoms with van der Waals surface area (Å²) < 4.78 is 5.11. The van der Waals surface area contributed by atoms with Crippen molar-refractivity contribution < 1.29 is 9.53 Å². The van der Waals surface area contributed by atoms with Crippen LogP contribution >= 0.6 is 0 Å². The highest BCUT2D eigenvalue weighted by Crippen LogP contribution is 2.23. The maximum atomic E-state index is 12.1. The van der Waals surface area contributed by atoms with Crippen LogP contribution in [0.15, 0.2) is 24.3 Å². The van der Waals surface area contributed by atoms with Gasteiger partial charge in [0.2, 0.25) is 5.91 Å². The van der Waals surface area contributed by atoms with Gasteiger partial charge in [-0.05, 0) is 44.2 Å². The van der Waals surface area contributed by atoms with Gasteiger partial charge in [-0.1, -0.05) is 0 Å². The molecule has 1 aliphatic heterocycles. The zero-order valence-electron chi connectivity index (χ0n) is 10.3. The Morgan fingerprint density at radius 2 is 2.06 bits per heavy atom. The van der Waals surface area contributed by atoms with Gasteiger partial charge < -0.3 is 15.0 Å². The van der Waals surface area contributed by atoms with E-state index in [9.17, 15) is 4.79 Å². The fourth-order valence-electron chi connectivity index (χ4n) is 2.16. The molecule has 1 aromatic carbocycles. The first-order valence-electron chi connectivity index (χ1n) is 5.89. The lowest BCUT2D eigenvalue weighted by molar-refractivity contribution is -0.121. The summed E-state index contributed by atoms with van der Waals surface area (Å²) in [5.74, 6) is 0.965. The molecule has 4 heteroatoms. The average molecular weight is 234 g/mol. The van der Waals surface area contributed by atoms with Crippen molar-refractivity contribution in [3.8, 4) is 5.75 Å². The predicted octanol–water partition coefficient (Wildman–Crippen LogP) is 1.41. The molecule has 1 heterocycles. The second-order valence-electron chi connectivity index (χ2n) is 4.17. The van der Waals surface area contributed by atoms with Gasteiger partial charge in [-0.25, -0.2) is 0 Å². The van der Waals surface area contributed by atoms with Crippen LogP contribution in [0.2, 0.25) is 0 Å². The molecule has 1 fully saturated rings.